The second-order valence-corrected chi connectivity index (χ2v) is 6.47. The highest BCUT2D eigenvalue weighted by Gasteiger charge is 2.41. The number of ether oxygens (including phenoxy) is 1. The van der Waals surface area contributed by atoms with E-state index in [4.69, 9.17) is 4.74 Å². The lowest BCUT2D eigenvalue weighted by atomic mass is 10.1. The molecule has 1 saturated heterocycles. The fraction of sp³-hybridized carbons (Fsp3) is 0.833. The van der Waals surface area contributed by atoms with Crippen molar-refractivity contribution in [3.8, 4) is 0 Å². The Bertz CT molecular complexity index is 321. The second-order valence-electron chi connectivity index (χ2n) is 6.47. The molecule has 1 unspecified atom stereocenters. The van der Waals surface area contributed by atoms with E-state index in [2.05, 4.69) is 13.8 Å². The third-order valence-corrected chi connectivity index (χ3v) is 4.06. The molecule has 3 heteroatoms. The van der Waals surface area contributed by atoms with Crippen LogP contribution >= 0.6 is 0 Å². The van der Waals surface area contributed by atoms with Gasteiger partial charge in [0.15, 0.2) is 0 Å². The van der Waals surface area contributed by atoms with Crippen LogP contribution in [0.25, 0.3) is 0 Å². The Labute approximate surface area is 130 Å². The summed E-state index contributed by atoms with van der Waals surface area (Å²) in [7, 11) is 0. The summed E-state index contributed by atoms with van der Waals surface area (Å²) < 4.78 is 5.42. The van der Waals surface area contributed by atoms with Crippen LogP contribution in [-0.2, 0) is 9.53 Å². The second kappa shape index (κ2) is 9.99. The van der Waals surface area contributed by atoms with Gasteiger partial charge in [0.05, 0.1) is 13.2 Å². The minimum Gasteiger partial charge on any atom is -0.368 e. The molecule has 122 valence electrons. The fourth-order valence-electron chi connectivity index (χ4n) is 2.57. The summed E-state index contributed by atoms with van der Waals surface area (Å²) in [6.45, 7) is 8.59. The molecule has 1 rings (SSSR count). The monoisotopic (exact) mass is 295 g/mol. The number of carbonyl (C=O) groups excluding carboxylic acids is 1. The number of nitrogens with zero attached hydrogens (tertiary/aromatic N) is 1. The van der Waals surface area contributed by atoms with Crippen molar-refractivity contribution >= 4 is 5.91 Å². The lowest BCUT2D eigenvalue weighted by Gasteiger charge is -2.23. The zero-order valence-electron chi connectivity index (χ0n) is 14.2. The van der Waals surface area contributed by atoms with Gasteiger partial charge in [0, 0.05) is 6.54 Å². The van der Waals surface area contributed by atoms with Gasteiger partial charge < -0.3 is 9.64 Å². The number of rotatable bonds is 12. The van der Waals surface area contributed by atoms with Crippen LogP contribution in [0.1, 0.15) is 72.1 Å². The van der Waals surface area contributed by atoms with Gasteiger partial charge in [-0.3, -0.25) is 4.79 Å². The molecule has 0 N–H and O–H groups in total. The van der Waals surface area contributed by atoms with Crippen LogP contribution in [0.2, 0.25) is 0 Å². The van der Waals surface area contributed by atoms with Crippen LogP contribution in [0.3, 0.4) is 0 Å². The van der Waals surface area contributed by atoms with Crippen molar-refractivity contribution in [3.63, 3.8) is 0 Å². The molecule has 1 atom stereocenters. The first kappa shape index (κ1) is 18.2. The van der Waals surface area contributed by atoms with Crippen molar-refractivity contribution in [1.82, 2.24) is 4.90 Å². The number of hydrogen-bond donors (Lipinski definition) is 0. The average Bonchev–Trinajstić information content (AvgIpc) is 3.18. The van der Waals surface area contributed by atoms with E-state index < -0.39 is 0 Å². The number of hydrogen-bond acceptors (Lipinski definition) is 2. The largest absolute Gasteiger partial charge is 0.368 e. The Morgan fingerprint density at radius 2 is 1.71 bits per heavy atom. The standard InChI is InChI=1S/C18H33NO2/c1-4-6-7-8-9-10-11-12-14-19(17(20)13-5-2)15-18(3)16-21-18/h5,13H,4,6-12,14-16H2,1-3H3. The van der Waals surface area contributed by atoms with Crippen LogP contribution in [0.4, 0.5) is 0 Å². The molecule has 21 heavy (non-hydrogen) atoms. The van der Waals surface area contributed by atoms with E-state index in [9.17, 15) is 4.79 Å². The molecule has 0 spiro atoms. The Hall–Kier alpha value is -0.830. The van der Waals surface area contributed by atoms with Gasteiger partial charge >= 0.3 is 0 Å². The maximum absolute atomic E-state index is 12.1. The highest BCUT2D eigenvalue weighted by Crippen LogP contribution is 2.27. The third-order valence-electron chi connectivity index (χ3n) is 4.06. The number of epoxide rings is 1. The highest BCUT2D eigenvalue weighted by molar-refractivity contribution is 5.87. The Morgan fingerprint density at radius 3 is 2.24 bits per heavy atom. The average molecular weight is 295 g/mol. The topological polar surface area (TPSA) is 32.8 Å². The van der Waals surface area contributed by atoms with Gasteiger partial charge in [0.25, 0.3) is 0 Å². The summed E-state index contributed by atoms with van der Waals surface area (Å²) in [4.78, 5) is 14.0. The van der Waals surface area contributed by atoms with Gasteiger partial charge in [-0.05, 0) is 26.3 Å². The molecule has 1 heterocycles. The lowest BCUT2D eigenvalue weighted by Crippen LogP contribution is -2.37. The van der Waals surface area contributed by atoms with Gasteiger partial charge in [-0.25, -0.2) is 0 Å². The molecule has 1 fully saturated rings. The lowest BCUT2D eigenvalue weighted by molar-refractivity contribution is -0.126. The summed E-state index contributed by atoms with van der Waals surface area (Å²) in [5, 5.41) is 0. The first-order valence-electron chi connectivity index (χ1n) is 8.67. The van der Waals surface area contributed by atoms with Gasteiger partial charge in [-0.15, -0.1) is 0 Å². The SMILES string of the molecule is CC=CC(=O)N(CCCCCCCCCC)CC1(C)CO1. The molecule has 0 radical (unpaired) electrons. The van der Waals surface area contributed by atoms with Crippen molar-refractivity contribution in [1.29, 1.82) is 0 Å². The van der Waals surface area contributed by atoms with Gasteiger partial charge in [0.2, 0.25) is 5.91 Å². The van der Waals surface area contributed by atoms with E-state index >= 15 is 0 Å². The van der Waals surface area contributed by atoms with Crippen LogP contribution in [0.15, 0.2) is 12.2 Å². The minimum absolute atomic E-state index is 0.0859. The zero-order valence-corrected chi connectivity index (χ0v) is 14.2. The molecule has 1 aliphatic heterocycles. The zero-order chi connectivity index (χ0) is 15.6. The predicted molar refractivity (Wildman–Crippen MR) is 88.4 cm³/mol. The molecule has 1 amide bonds. The summed E-state index contributed by atoms with van der Waals surface area (Å²) in [5.41, 5.74) is -0.0859. The Morgan fingerprint density at radius 1 is 1.14 bits per heavy atom. The molecule has 0 saturated carbocycles. The van der Waals surface area contributed by atoms with E-state index in [1.807, 2.05) is 17.9 Å². The fourth-order valence-corrected chi connectivity index (χ4v) is 2.57. The normalized spacial score (nSPS) is 20.9. The first-order valence-corrected chi connectivity index (χ1v) is 8.67. The van der Waals surface area contributed by atoms with Crippen LogP contribution in [0.5, 0.6) is 0 Å². The van der Waals surface area contributed by atoms with Gasteiger partial charge in [-0.2, -0.15) is 0 Å². The van der Waals surface area contributed by atoms with Crippen LogP contribution in [0, 0.1) is 0 Å². The summed E-state index contributed by atoms with van der Waals surface area (Å²) >= 11 is 0. The molecule has 0 aromatic carbocycles. The summed E-state index contributed by atoms with van der Waals surface area (Å²) in [5.74, 6) is 0.122. The Balaban J connectivity index is 2.16. The summed E-state index contributed by atoms with van der Waals surface area (Å²) in [6, 6.07) is 0. The molecule has 3 nitrogen and oxygen atoms in total. The number of amides is 1. The van der Waals surface area contributed by atoms with Crippen LogP contribution < -0.4 is 0 Å². The van der Waals surface area contributed by atoms with Gasteiger partial charge in [-0.1, -0.05) is 57.9 Å². The summed E-state index contributed by atoms with van der Waals surface area (Å²) in [6.07, 6.45) is 13.9. The molecular formula is C18H33NO2. The van der Waals surface area contributed by atoms with Crippen molar-refractivity contribution in [2.45, 2.75) is 77.7 Å². The molecule has 0 aliphatic carbocycles. The minimum atomic E-state index is -0.0859. The van der Waals surface area contributed by atoms with Gasteiger partial charge in [0.1, 0.15) is 5.60 Å². The van der Waals surface area contributed by atoms with E-state index in [0.717, 1.165) is 26.1 Å². The van der Waals surface area contributed by atoms with E-state index in [0.29, 0.717) is 0 Å². The van der Waals surface area contributed by atoms with Crippen molar-refractivity contribution < 1.29 is 9.53 Å². The number of carbonyl (C=O) groups is 1. The molecule has 0 bridgehead atoms. The first-order chi connectivity index (χ1) is 10.1. The smallest absolute Gasteiger partial charge is 0.246 e. The maximum Gasteiger partial charge on any atom is 0.246 e. The predicted octanol–water partition coefficient (Wildman–Crippen LogP) is 4.32. The highest BCUT2D eigenvalue weighted by atomic mass is 16.6. The Kier molecular flexibility index (Phi) is 8.67. The maximum atomic E-state index is 12.1. The number of allylic oxidation sites excluding steroid dienone is 1. The number of unbranched alkanes of at least 4 members (excludes halogenated alkanes) is 7. The van der Waals surface area contributed by atoms with E-state index in [1.54, 1.807) is 6.08 Å². The quantitative estimate of drug-likeness (QED) is 0.305. The van der Waals surface area contributed by atoms with Crippen LogP contribution in [-0.4, -0.2) is 36.1 Å². The molecule has 0 aromatic heterocycles. The molecule has 1 aliphatic rings. The third kappa shape index (κ3) is 8.25. The van der Waals surface area contributed by atoms with Crippen molar-refractivity contribution in [2.75, 3.05) is 19.7 Å². The van der Waals surface area contributed by atoms with Crippen molar-refractivity contribution in [3.05, 3.63) is 12.2 Å². The molecular weight excluding hydrogens is 262 g/mol. The molecule has 0 aromatic rings. The van der Waals surface area contributed by atoms with E-state index in [-0.39, 0.29) is 11.5 Å². The van der Waals surface area contributed by atoms with Crippen molar-refractivity contribution in [2.24, 2.45) is 0 Å². The van der Waals surface area contributed by atoms with E-state index in [1.165, 1.54) is 44.9 Å².